The normalized spacial score (nSPS) is 11.3. The molecule has 3 rings (SSSR count). The van der Waals surface area contributed by atoms with Crippen LogP contribution < -0.4 is 10.1 Å². The molecule has 28 heavy (non-hydrogen) atoms. The van der Waals surface area contributed by atoms with Crippen LogP contribution in [0.5, 0.6) is 5.75 Å². The number of carbonyl (C=O) groups is 2. The Balaban J connectivity index is 1.49. The second kappa shape index (κ2) is 8.69. The highest BCUT2D eigenvalue weighted by Crippen LogP contribution is 2.19. The summed E-state index contributed by atoms with van der Waals surface area (Å²) >= 11 is 0. The van der Waals surface area contributed by atoms with Crippen molar-refractivity contribution in [3.05, 3.63) is 72.3 Å². The molecule has 0 heterocycles. The topological polar surface area (TPSA) is 88.4 Å². The summed E-state index contributed by atoms with van der Waals surface area (Å²) in [6.07, 6.45) is -0.888. The highest BCUT2D eigenvalue weighted by atomic mass is 16.6. The molecule has 0 saturated carbocycles. The molecule has 0 aliphatic heterocycles. The molecule has 0 radical (unpaired) electrons. The molecule has 6 heteroatoms. The van der Waals surface area contributed by atoms with Gasteiger partial charge in [-0.3, -0.25) is 4.79 Å². The van der Waals surface area contributed by atoms with Crippen LogP contribution >= 0.6 is 0 Å². The fraction of sp³-hybridized carbons (Fsp3) is 0.136. The van der Waals surface area contributed by atoms with Gasteiger partial charge in [-0.05, 0) is 54.1 Å². The summed E-state index contributed by atoms with van der Waals surface area (Å²) in [7, 11) is 0. The molecule has 0 aromatic heterocycles. The summed E-state index contributed by atoms with van der Waals surface area (Å²) < 4.78 is 10.5. The van der Waals surface area contributed by atoms with Crippen molar-refractivity contribution in [1.29, 1.82) is 5.26 Å². The van der Waals surface area contributed by atoms with Crippen molar-refractivity contribution in [2.45, 2.75) is 13.0 Å². The molecule has 0 fully saturated rings. The lowest BCUT2D eigenvalue weighted by molar-refractivity contribution is -0.153. The van der Waals surface area contributed by atoms with Crippen molar-refractivity contribution in [2.75, 3.05) is 11.9 Å². The second-order valence-electron chi connectivity index (χ2n) is 6.11. The maximum Gasteiger partial charge on any atom is 0.347 e. The molecule has 1 amide bonds. The number of nitrogens with one attached hydrogen (secondary N) is 1. The van der Waals surface area contributed by atoms with Crippen LogP contribution in [0.2, 0.25) is 0 Å². The molecule has 0 aliphatic carbocycles. The Hall–Kier alpha value is -3.85. The predicted molar refractivity (Wildman–Crippen MR) is 105 cm³/mol. The lowest BCUT2D eigenvalue weighted by Crippen LogP contribution is -2.29. The van der Waals surface area contributed by atoms with Gasteiger partial charge in [-0.25, -0.2) is 4.79 Å². The van der Waals surface area contributed by atoms with Crippen LogP contribution in [0.15, 0.2) is 66.7 Å². The van der Waals surface area contributed by atoms with Gasteiger partial charge in [-0.15, -0.1) is 0 Å². The number of carbonyl (C=O) groups excluding carboxylic acids is 2. The Kier molecular flexibility index (Phi) is 5.87. The van der Waals surface area contributed by atoms with Crippen LogP contribution in [-0.2, 0) is 14.3 Å². The monoisotopic (exact) mass is 374 g/mol. The lowest BCUT2D eigenvalue weighted by Gasteiger charge is -2.14. The average molecular weight is 374 g/mol. The molecule has 0 aliphatic rings. The number of hydrogen-bond donors (Lipinski definition) is 1. The number of fused-ring (bicyclic) bond motifs is 1. The van der Waals surface area contributed by atoms with Gasteiger partial charge in [0.15, 0.2) is 12.7 Å². The largest absolute Gasteiger partial charge is 0.479 e. The third-order valence-corrected chi connectivity index (χ3v) is 4.01. The quantitative estimate of drug-likeness (QED) is 0.665. The third-order valence-electron chi connectivity index (χ3n) is 4.01. The lowest BCUT2D eigenvalue weighted by atomic mass is 10.1. The SMILES string of the molecule is C[C@H](Oc1ccc(C#N)cc1)C(=O)OCC(=O)Nc1ccc2ccccc2c1. The Morgan fingerprint density at radius 3 is 2.46 bits per heavy atom. The molecule has 3 aromatic rings. The first-order chi connectivity index (χ1) is 13.5. The predicted octanol–water partition coefficient (Wildman–Crippen LogP) is 3.66. The van der Waals surface area contributed by atoms with E-state index in [-0.39, 0.29) is 0 Å². The smallest absolute Gasteiger partial charge is 0.347 e. The standard InChI is InChI=1S/C22H18N2O4/c1-15(28-20-10-6-16(13-23)7-11-20)22(26)27-14-21(25)24-19-9-8-17-4-2-3-5-18(17)12-19/h2-12,15H,14H2,1H3,(H,24,25)/t15-/m0/s1. The first-order valence-corrected chi connectivity index (χ1v) is 8.67. The van der Waals surface area contributed by atoms with Crippen LogP contribution in [0.25, 0.3) is 10.8 Å². The molecule has 1 atom stereocenters. The van der Waals surface area contributed by atoms with Gasteiger partial charge in [0, 0.05) is 5.69 Å². The zero-order valence-corrected chi connectivity index (χ0v) is 15.2. The number of benzene rings is 3. The van der Waals surface area contributed by atoms with Crippen molar-refractivity contribution >= 4 is 28.3 Å². The van der Waals surface area contributed by atoms with Crippen LogP contribution in [0.4, 0.5) is 5.69 Å². The summed E-state index contributed by atoms with van der Waals surface area (Å²) in [4.78, 5) is 24.1. The van der Waals surface area contributed by atoms with E-state index in [1.54, 1.807) is 30.3 Å². The number of ether oxygens (including phenoxy) is 2. The molecule has 1 N–H and O–H groups in total. The summed E-state index contributed by atoms with van der Waals surface area (Å²) in [6.45, 7) is 1.12. The molecule has 6 nitrogen and oxygen atoms in total. The van der Waals surface area contributed by atoms with E-state index >= 15 is 0 Å². The maximum atomic E-state index is 12.0. The van der Waals surface area contributed by atoms with Gasteiger partial charge in [0.05, 0.1) is 11.6 Å². The number of anilines is 1. The molecular weight excluding hydrogens is 356 g/mol. The van der Waals surface area contributed by atoms with Crippen LogP contribution in [0.1, 0.15) is 12.5 Å². The Labute approximate surface area is 162 Å². The molecule has 0 spiro atoms. The zero-order valence-electron chi connectivity index (χ0n) is 15.2. The second-order valence-corrected chi connectivity index (χ2v) is 6.11. The van der Waals surface area contributed by atoms with Gasteiger partial charge < -0.3 is 14.8 Å². The number of hydrogen-bond acceptors (Lipinski definition) is 5. The fourth-order valence-corrected chi connectivity index (χ4v) is 2.58. The van der Waals surface area contributed by atoms with Gasteiger partial charge in [-0.2, -0.15) is 5.26 Å². The van der Waals surface area contributed by atoms with Crippen LogP contribution in [0.3, 0.4) is 0 Å². The first-order valence-electron chi connectivity index (χ1n) is 8.67. The fourth-order valence-electron chi connectivity index (χ4n) is 2.58. The zero-order chi connectivity index (χ0) is 19.9. The van der Waals surface area contributed by atoms with E-state index in [9.17, 15) is 9.59 Å². The molecular formula is C22H18N2O4. The first kappa shape index (κ1) is 18.9. The summed E-state index contributed by atoms with van der Waals surface area (Å²) in [5, 5.41) is 13.6. The minimum absolute atomic E-state index is 0.410. The Bertz CT molecular complexity index is 1040. The van der Waals surface area contributed by atoms with Crippen molar-refractivity contribution in [3.8, 4) is 11.8 Å². The van der Waals surface area contributed by atoms with E-state index in [2.05, 4.69) is 5.32 Å². The van der Waals surface area contributed by atoms with E-state index in [1.807, 2.05) is 42.5 Å². The molecule has 3 aromatic carbocycles. The summed E-state index contributed by atoms with van der Waals surface area (Å²) in [5.41, 5.74) is 1.12. The molecule has 0 saturated heterocycles. The highest BCUT2D eigenvalue weighted by Gasteiger charge is 2.18. The van der Waals surface area contributed by atoms with E-state index in [0.717, 1.165) is 10.8 Å². The molecule has 140 valence electrons. The van der Waals surface area contributed by atoms with Gasteiger partial charge >= 0.3 is 5.97 Å². The number of rotatable bonds is 6. The Morgan fingerprint density at radius 2 is 1.75 bits per heavy atom. The van der Waals surface area contributed by atoms with Crippen molar-refractivity contribution in [3.63, 3.8) is 0 Å². The number of nitrogens with zero attached hydrogens (tertiary/aromatic N) is 1. The summed E-state index contributed by atoms with van der Waals surface area (Å²) in [6, 6.07) is 21.7. The van der Waals surface area contributed by atoms with Gasteiger partial charge in [-0.1, -0.05) is 30.3 Å². The number of amides is 1. The van der Waals surface area contributed by atoms with E-state index in [1.165, 1.54) is 6.92 Å². The van der Waals surface area contributed by atoms with Crippen molar-refractivity contribution in [2.24, 2.45) is 0 Å². The van der Waals surface area contributed by atoms with Gasteiger partial charge in [0.2, 0.25) is 0 Å². The Morgan fingerprint density at radius 1 is 1.04 bits per heavy atom. The molecule has 0 unspecified atom stereocenters. The summed E-state index contributed by atoms with van der Waals surface area (Å²) in [5.74, 6) is -0.656. The van der Waals surface area contributed by atoms with Gasteiger partial charge in [0.1, 0.15) is 5.75 Å². The van der Waals surface area contributed by atoms with E-state index in [0.29, 0.717) is 17.0 Å². The third kappa shape index (κ3) is 4.86. The van der Waals surface area contributed by atoms with Crippen molar-refractivity contribution in [1.82, 2.24) is 0 Å². The molecule has 0 bridgehead atoms. The average Bonchev–Trinajstić information content (AvgIpc) is 2.72. The van der Waals surface area contributed by atoms with Crippen LogP contribution in [-0.4, -0.2) is 24.6 Å². The minimum atomic E-state index is -0.888. The highest BCUT2D eigenvalue weighted by molar-refractivity contribution is 5.95. The van der Waals surface area contributed by atoms with E-state index < -0.39 is 24.6 Å². The van der Waals surface area contributed by atoms with Crippen LogP contribution in [0, 0.1) is 11.3 Å². The number of nitriles is 1. The van der Waals surface area contributed by atoms with E-state index in [4.69, 9.17) is 14.7 Å². The minimum Gasteiger partial charge on any atom is -0.479 e. The number of esters is 1. The van der Waals surface area contributed by atoms with Crippen molar-refractivity contribution < 1.29 is 19.1 Å². The maximum absolute atomic E-state index is 12.0. The van der Waals surface area contributed by atoms with Gasteiger partial charge in [0.25, 0.3) is 5.91 Å².